The van der Waals surface area contributed by atoms with E-state index in [9.17, 15) is 5.11 Å². The summed E-state index contributed by atoms with van der Waals surface area (Å²) in [5.74, 6) is -1.16. The molecule has 0 fully saturated rings. The molecule has 0 aliphatic carbocycles. The Morgan fingerprint density at radius 2 is 1.40 bits per heavy atom. The van der Waals surface area contributed by atoms with E-state index in [1.165, 1.54) is 0 Å². The normalized spacial score (nSPS) is 12.0. The Morgan fingerprint density at radius 3 is 1.73 bits per heavy atom. The van der Waals surface area contributed by atoms with Crippen LogP contribution in [0.3, 0.4) is 0 Å². The van der Waals surface area contributed by atoms with Gasteiger partial charge in [0.05, 0.1) is 6.61 Å². The summed E-state index contributed by atoms with van der Waals surface area (Å²) in [6, 6.07) is 0. The minimum atomic E-state index is -1.16. The number of rotatable bonds is 10. The molecule has 0 aliphatic heterocycles. The molecule has 0 atom stereocenters. The maximum Gasteiger partial charge on any atom is 0.307 e. The van der Waals surface area contributed by atoms with Gasteiger partial charge in [0.15, 0.2) is 0 Å². The maximum atomic E-state index is 10.2. The minimum Gasteiger partial charge on any atom is -0.370 e. The van der Waals surface area contributed by atoms with Crippen molar-refractivity contribution < 1.29 is 24.1 Å². The van der Waals surface area contributed by atoms with E-state index in [0.29, 0.717) is 19.8 Å². The molecule has 0 aromatic heterocycles. The number of ether oxygens (including phenoxy) is 4. The smallest absolute Gasteiger partial charge is 0.307 e. The first-order chi connectivity index (χ1) is 7.24. The summed E-state index contributed by atoms with van der Waals surface area (Å²) < 4.78 is 21.3. The number of hydrogen-bond donors (Lipinski definition) is 0. The lowest BCUT2D eigenvalue weighted by Gasteiger charge is -2.31. The summed E-state index contributed by atoms with van der Waals surface area (Å²) >= 11 is 0. The van der Waals surface area contributed by atoms with E-state index in [4.69, 9.17) is 18.9 Å². The van der Waals surface area contributed by atoms with Crippen LogP contribution < -0.4 is 0 Å². The van der Waals surface area contributed by atoms with Gasteiger partial charge < -0.3 is 18.9 Å². The van der Waals surface area contributed by atoms with Crippen LogP contribution in [0.4, 0.5) is 0 Å². The molecule has 0 rings (SSSR count). The highest BCUT2D eigenvalue weighted by molar-refractivity contribution is 4.56. The van der Waals surface area contributed by atoms with Gasteiger partial charge in [-0.1, -0.05) is 0 Å². The van der Waals surface area contributed by atoms with Gasteiger partial charge >= 0.3 is 5.97 Å². The molecule has 0 bridgehead atoms. The maximum absolute atomic E-state index is 10.2. The van der Waals surface area contributed by atoms with Crippen molar-refractivity contribution in [1.82, 2.24) is 0 Å². The van der Waals surface area contributed by atoms with Gasteiger partial charge in [-0.05, 0) is 20.8 Å². The summed E-state index contributed by atoms with van der Waals surface area (Å²) in [5, 5.41) is 10.2. The lowest BCUT2D eigenvalue weighted by atomic mass is 10.5. The molecule has 0 spiro atoms. The fourth-order valence-electron chi connectivity index (χ4n) is 1.17. The molecule has 15 heavy (non-hydrogen) atoms. The van der Waals surface area contributed by atoms with E-state index in [1.807, 2.05) is 20.8 Å². The topological polar surface area (TPSA) is 56.8 Å². The Labute approximate surface area is 91.3 Å². The molecule has 0 saturated carbocycles. The fourth-order valence-corrected chi connectivity index (χ4v) is 1.17. The van der Waals surface area contributed by atoms with Crippen LogP contribution in [-0.4, -0.2) is 45.6 Å². The van der Waals surface area contributed by atoms with Crippen molar-refractivity contribution in [3.8, 4) is 0 Å². The van der Waals surface area contributed by atoms with Crippen molar-refractivity contribution in [2.45, 2.75) is 26.7 Å². The third-order valence-electron chi connectivity index (χ3n) is 1.60. The fraction of sp³-hybridized carbons (Fsp3) is 1.00. The largest absolute Gasteiger partial charge is 0.370 e. The molecular weight excluding hydrogens is 200 g/mol. The van der Waals surface area contributed by atoms with Gasteiger partial charge in [-0.3, -0.25) is 0 Å². The van der Waals surface area contributed by atoms with Gasteiger partial charge in [-0.15, -0.1) is 0 Å². The lowest BCUT2D eigenvalue weighted by Crippen LogP contribution is -2.44. The highest BCUT2D eigenvalue weighted by Gasteiger charge is 2.32. The van der Waals surface area contributed by atoms with Crippen LogP contribution in [0.2, 0.25) is 0 Å². The lowest BCUT2D eigenvalue weighted by molar-refractivity contribution is -0.391. The molecule has 0 aliphatic rings. The molecule has 91 valence electrons. The first-order valence-electron chi connectivity index (χ1n) is 5.32. The molecule has 0 saturated heterocycles. The van der Waals surface area contributed by atoms with Crippen LogP contribution >= 0.6 is 0 Å². The summed E-state index contributed by atoms with van der Waals surface area (Å²) in [7, 11) is 0. The molecular formula is C10H21O5. The average molecular weight is 221 g/mol. The van der Waals surface area contributed by atoms with Crippen LogP contribution in [0.1, 0.15) is 20.8 Å². The Morgan fingerprint density at radius 1 is 0.933 bits per heavy atom. The highest BCUT2D eigenvalue weighted by Crippen LogP contribution is 2.16. The molecule has 5 heteroatoms. The second-order valence-corrected chi connectivity index (χ2v) is 2.74. The molecule has 0 unspecified atom stereocenters. The van der Waals surface area contributed by atoms with Crippen LogP contribution in [-0.2, 0) is 24.1 Å². The van der Waals surface area contributed by atoms with Crippen LogP contribution in [0.5, 0.6) is 0 Å². The molecule has 0 amide bonds. The number of hydrogen-bond acceptors (Lipinski definition) is 4. The van der Waals surface area contributed by atoms with Gasteiger partial charge in [-0.25, -0.2) is 5.11 Å². The van der Waals surface area contributed by atoms with E-state index in [1.54, 1.807) is 0 Å². The molecule has 5 nitrogen and oxygen atoms in total. The van der Waals surface area contributed by atoms with Gasteiger partial charge in [-0.2, -0.15) is 0 Å². The summed E-state index contributed by atoms with van der Waals surface area (Å²) in [6.45, 7) is 6.89. The Hall–Kier alpha value is -0.200. The third kappa shape index (κ3) is 6.06. The Balaban J connectivity index is 4.18. The summed E-state index contributed by atoms with van der Waals surface area (Å²) in [5.41, 5.74) is 0. The quantitative estimate of drug-likeness (QED) is 0.411. The summed E-state index contributed by atoms with van der Waals surface area (Å²) in [6.07, 6.45) is 0. The van der Waals surface area contributed by atoms with Crippen LogP contribution in [0, 0.1) is 0 Å². The molecule has 1 radical (unpaired) electrons. The highest BCUT2D eigenvalue weighted by atomic mass is 16.9. The minimum absolute atomic E-state index is 0.116. The van der Waals surface area contributed by atoms with Crippen molar-refractivity contribution in [3.05, 3.63) is 0 Å². The van der Waals surface area contributed by atoms with Gasteiger partial charge in [0.2, 0.25) is 0 Å². The van der Waals surface area contributed by atoms with Crippen molar-refractivity contribution in [2.24, 2.45) is 0 Å². The van der Waals surface area contributed by atoms with E-state index in [-0.39, 0.29) is 19.8 Å². The second-order valence-electron chi connectivity index (χ2n) is 2.74. The SMILES string of the molecule is CCOC(COCC[O])(OCC)OCC. The second kappa shape index (κ2) is 9.06. The van der Waals surface area contributed by atoms with Crippen molar-refractivity contribution >= 4 is 0 Å². The van der Waals surface area contributed by atoms with E-state index >= 15 is 0 Å². The van der Waals surface area contributed by atoms with Gasteiger partial charge in [0.1, 0.15) is 13.2 Å². The standard InChI is InChI=1S/C10H21O5/c1-4-13-10(14-5-2,15-6-3)9-12-8-7-11/h4-9H2,1-3H3. The molecule has 0 N–H and O–H groups in total. The first kappa shape index (κ1) is 14.8. The zero-order chi connectivity index (χ0) is 11.6. The van der Waals surface area contributed by atoms with Crippen LogP contribution in [0.15, 0.2) is 0 Å². The van der Waals surface area contributed by atoms with Gasteiger partial charge in [0.25, 0.3) is 0 Å². The zero-order valence-electron chi connectivity index (χ0n) is 9.78. The van der Waals surface area contributed by atoms with Gasteiger partial charge in [0, 0.05) is 19.8 Å². The molecule has 0 aromatic rings. The van der Waals surface area contributed by atoms with Crippen LogP contribution in [0.25, 0.3) is 0 Å². The van der Waals surface area contributed by atoms with E-state index < -0.39 is 5.97 Å². The monoisotopic (exact) mass is 221 g/mol. The third-order valence-corrected chi connectivity index (χ3v) is 1.60. The average Bonchev–Trinajstić information content (AvgIpc) is 2.19. The summed E-state index contributed by atoms with van der Waals surface area (Å²) in [4.78, 5) is 0. The Bertz CT molecular complexity index is 123. The van der Waals surface area contributed by atoms with E-state index in [0.717, 1.165) is 0 Å². The van der Waals surface area contributed by atoms with E-state index in [2.05, 4.69) is 0 Å². The van der Waals surface area contributed by atoms with Crippen molar-refractivity contribution in [1.29, 1.82) is 0 Å². The molecule has 0 aromatic carbocycles. The predicted octanol–water partition coefficient (Wildman–Crippen LogP) is 1.20. The Kier molecular flexibility index (Phi) is 8.94. The molecule has 0 heterocycles. The zero-order valence-corrected chi connectivity index (χ0v) is 9.78. The predicted molar refractivity (Wildman–Crippen MR) is 54.0 cm³/mol. The van der Waals surface area contributed by atoms with Crippen molar-refractivity contribution in [3.63, 3.8) is 0 Å². The van der Waals surface area contributed by atoms with Crippen molar-refractivity contribution in [2.75, 3.05) is 39.6 Å². The first-order valence-corrected chi connectivity index (χ1v) is 5.32.